The number of halogens is 2. The minimum Gasteiger partial charge on any atom is -0.372 e. The van der Waals surface area contributed by atoms with Gasteiger partial charge in [0.1, 0.15) is 5.56 Å². The number of carbonyl (C=O) groups excluding carboxylic acids is 1. The number of fused-ring (bicyclic) bond motifs is 1. The molecule has 1 saturated heterocycles. The van der Waals surface area contributed by atoms with Crippen molar-refractivity contribution in [2.75, 3.05) is 43.9 Å². The molecular formula is C37H40F2N8O2. The fourth-order valence-corrected chi connectivity index (χ4v) is 6.17. The zero-order valence-electron chi connectivity index (χ0n) is 28.1. The van der Waals surface area contributed by atoms with Crippen molar-refractivity contribution < 1.29 is 13.6 Å². The second kappa shape index (κ2) is 14.4. The van der Waals surface area contributed by atoms with E-state index < -0.39 is 23.1 Å². The molecule has 2 aromatic heterocycles. The number of nitrogens with one attached hydrogen (secondary N) is 2. The van der Waals surface area contributed by atoms with E-state index in [1.54, 1.807) is 30.9 Å². The summed E-state index contributed by atoms with van der Waals surface area (Å²) in [5, 5.41) is 6.94. The molecule has 254 valence electrons. The highest BCUT2D eigenvalue weighted by atomic mass is 19.2. The Bertz CT molecular complexity index is 2060. The van der Waals surface area contributed by atoms with E-state index in [1.165, 1.54) is 16.4 Å². The quantitative estimate of drug-likeness (QED) is 0.204. The molecule has 0 spiro atoms. The van der Waals surface area contributed by atoms with E-state index in [1.807, 2.05) is 36.4 Å². The molecule has 1 amide bonds. The Balaban J connectivity index is 1.04. The van der Waals surface area contributed by atoms with Gasteiger partial charge < -0.3 is 20.4 Å². The van der Waals surface area contributed by atoms with Crippen LogP contribution < -0.4 is 21.1 Å². The Hall–Kier alpha value is -5.36. The summed E-state index contributed by atoms with van der Waals surface area (Å²) in [7, 11) is 5.98. The summed E-state index contributed by atoms with van der Waals surface area (Å²) < 4.78 is 29.9. The van der Waals surface area contributed by atoms with Gasteiger partial charge in [0.15, 0.2) is 11.6 Å². The lowest BCUT2D eigenvalue weighted by molar-refractivity contribution is 0.0956. The van der Waals surface area contributed by atoms with E-state index >= 15 is 0 Å². The summed E-state index contributed by atoms with van der Waals surface area (Å²) in [4.78, 5) is 40.0. The summed E-state index contributed by atoms with van der Waals surface area (Å²) in [6.45, 7) is 4.10. The van der Waals surface area contributed by atoms with Crippen LogP contribution in [-0.4, -0.2) is 69.9 Å². The number of hydrogen-bond acceptors (Lipinski definition) is 7. The molecule has 6 rings (SSSR count). The minimum absolute atomic E-state index is 0.00156. The van der Waals surface area contributed by atoms with Gasteiger partial charge in [0.25, 0.3) is 11.5 Å². The second-order valence-corrected chi connectivity index (χ2v) is 12.5. The van der Waals surface area contributed by atoms with Gasteiger partial charge in [0.2, 0.25) is 5.95 Å². The van der Waals surface area contributed by atoms with Crippen LogP contribution in [-0.2, 0) is 13.6 Å². The number of carbonyl (C=O) groups is 1. The van der Waals surface area contributed by atoms with Crippen molar-refractivity contribution in [1.29, 1.82) is 0 Å². The topological polar surface area (TPSA) is 100 Å². The smallest absolute Gasteiger partial charge is 0.280 e. The third-order valence-corrected chi connectivity index (χ3v) is 9.26. The maximum atomic E-state index is 13.7. The first-order chi connectivity index (χ1) is 23.6. The van der Waals surface area contributed by atoms with E-state index in [0.29, 0.717) is 23.2 Å². The van der Waals surface area contributed by atoms with Crippen LogP contribution in [0, 0.1) is 18.6 Å². The number of anilines is 3. The number of piperidine rings is 1. The molecule has 49 heavy (non-hydrogen) atoms. The Labute approximate surface area is 283 Å². The van der Waals surface area contributed by atoms with Crippen molar-refractivity contribution in [1.82, 2.24) is 29.5 Å². The summed E-state index contributed by atoms with van der Waals surface area (Å²) in [6, 6.07) is 18.2. The Morgan fingerprint density at radius 1 is 1.02 bits per heavy atom. The third kappa shape index (κ3) is 7.54. The molecule has 2 N–H and O–H groups in total. The van der Waals surface area contributed by atoms with Gasteiger partial charge in [-0.1, -0.05) is 24.3 Å². The Morgan fingerprint density at radius 3 is 2.51 bits per heavy atom. The first kappa shape index (κ1) is 33.5. The van der Waals surface area contributed by atoms with Crippen molar-refractivity contribution >= 4 is 40.2 Å². The second-order valence-electron chi connectivity index (χ2n) is 12.5. The number of nitrogens with zero attached hydrogens (tertiary/aromatic N) is 6. The Morgan fingerprint density at radius 2 is 1.78 bits per heavy atom. The summed E-state index contributed by atoms with van der Waals surface area (Å²) >= 11 is 0. The fraction of sp³-hybridized carbons (Fsp3) is 0.297. The van der Waals surface area contributed by atoms with Gasteiger partial charge in [-0.2, -0.15) is 0 Å². The molecule has 12 heteroatoms. The average molecular weight is 667 g/mol. The number of hydrogen-bond donors (Lipinski definition) is 2. The molecule has 1 fully saturated rings. The van der Waals surface area contributed by atoms with Gasteiger partial charge in [-0.3, -0.25) is 14.3 Å². The lowest BCUT2D eigenvalue weighted by Crippen LogP contribution is -2.41. The van der Waals surface area contributed by atoms with Crippen LogP contribution in [0.2, 0.25) is 0 Å². The highest BCUT2D eigenvalue weighted by Crippen LogP contribution is 2.25. The number of benzene rings is 3. The van der Waals surface area contributed by atoms with Crippen molar-refractivity contribution in [3.8, 4) is 0 Å². The molecule has 0 radical (unpaired) electrons. The van der Waals surface area contributed by atoms with Crippen molar-refractivity contribution in [3.05, 3.63) is 117 Å². The van der Waals surface area contributed by atoms with Crippen molar-refractivity contribution in [2.45, 2.75) is 32.4 Å². The van der Waals surface area contributed by atoms with E-state index in [0.717, 1.165) is 60.2 Å². The number of amides is 1. The van der Waals surface area contributed by atoms with Gasteiger partial charge in [-0.15, -0.1) is 0 Å². The van der Waals surface area contributed by atoms with E-state index in [9.17, 15) is 18.4 Å². The van der Waals surface area contributed by atoms with Crippen molar-refractivity contribution in [3.63, 3.8) is 0 Å². The summed E-state index contributed by atoms with van der Waals surface area (Å²) in [5.41, 5.74) is 4.15. The molecular weight excluding hydrogens is 626 g/mol. The highest BCUT2D eigenvalue weighted by Gasteiger charge is 2.22. The van der Waals surface area contributed by atoms with Gasteiger partial charge in [0, 0.05) is 55.3 Å². The molecule has 0 unspecified atom stereocenters. The van der Waals surface area contributed by atoms with E-state index in [2.05, 4.69) is 56.6 Å². The summed E-state index contributed by atoms with van der Waals surface area (Å²) in [6.07, 6.45) is 7.76. The molecule has 3 heterocycles. The average Bonchev–Trinajstić information content (AvgIpc) is 3.31. The monoisotopic (exact) mass is 666 g/mol. The molecule has 0 saturated carbocycles. The van der Waals surface area contributed by atoms with Gasteiger partial charge >= 0.3 is 0 Å². The largest absolute Gasteiger partial charge is 0.372 e. The summed E-state index contributed by atoms with van der Waals surface area (Å²) in [5.74, 6) is -1.97. The van der Waals surface area contributed by atoms with E-state index in [-0.39, 0.29) is 18.7 Å². The minimum atomic E-state index is -0.995. The standard InChI is InChI=1S/C37H40F2N8O2/c1-24-34(36(49)47(46(24)4)23-26-7-13-31(38)32(39)21-26)35(48)40-17-5-6-25-8-14-33-27(20-25)22-41-37(43-33)42-28-9-11-29(12-10-28)45(3)30-15-18-44(2)19-16-30/h5-14,20-22,30H,15-19,23H2,1-4H3,(H,40,48)(H,41,42,43)/b6-5+. The van der Waals surface area contributed by atoms with Crippen molar-refractivity contribution in [2.24, 2.45) is 7.05 Å². The SMILES string of the molecule is Cc1c(C(=O)NC/C=C/c2ccc3nc(Nc4ccc(N(C)C5CCN(C)CC5)cc4)ncc3c2)c(=O)n(Cc2ccc(F)c(F)c2)n1C. The normalized spacial score (nSPS) is 14.1. The fourth-order valence-electron chi connectivity index (χ4n) is 6.17. The number of aromatic nitrogens is 4. The number of rotatable bonds is 10. The first-order valence-corrected chi connectivity index (χ1v) is 16.3. The van der Waals surface area contributed by atoms with Gasteiger partial charge in [-0.05, 0) is 99.6 Å². The predicted octanol–water partition coefficient (Wildman–Crippen LogP) is 5.48. The lowest BCUT2D eigenvalue weighted by Gasteiger charge is -2.36. The third-order valence-electron chi connectivity index (χ3n) is 9.26. The van der Waals surface area contributed by atoms with Crippen LogP contribution in [0.4, 0.5) is 26.1 Å². The maximum Gasteiger partial charge on any atom is 0.280 e. The van der Waals surface area contributed by atoms with Crippen LogP contribution in [0.3, 0.4) is 0 Å². The van der Waals surface area contributed by atoms with Gasteiger partial charge in [-0.25, -0.2) is 23.4 Å². The predicted molar refractivity (Wildman–Crippen MR) is 189 cm³/mol. The first-order valence-electron chi connectivity index (χ1n) is 16.3. The molecule has 1 aliphatic rings. The van der Waals surface area contributed by atoms with Crippen LogP contribution in [0.25, 0.3) is 17.0 Å². The molecule has 5 aromatic rings. The zero-order chi connectivity index (χ0) is 34.7. The zero-order valence-corrected chi connectivity index (χ0v) is 28.1. The molecule has 0 aliphatic carbocycles. The molecule has 0 bridgehead atoms. The molecule has 3 aromatic carbocycles. The molecule has 0 atom stereocenters. The Kier molecular flexibility index (Phi) is 9.86. The lowest BCUT2D eigenvalue weighted by atomic mass is 10.0. The van der Waals surface area contributed by atoms with Crippen LogP contribution in [0.15, 0.2) is 77.7 Å². The maximum absolute atomic E-state index is 13.7. The molecule has 1 aliphatic heterocycles. The van der Waals surface area contributed by atoms with Crippen LogP contribution in [0.1, 0.15) is 40.0 Å². The van der Waals surface area contributed by atoms with Crippen LogP contribution >= 0.6 is 0 Å². The highest BCUT2D eigenvalue weighted by molar-refractivity contribution is 5.95. The van der Waals surface area contributed by atoms with E-state index in [4.69, 9.17) is 0 Å². The molecule has 10 nitrogen and oxygen atoms in total. The number of likely N-dealkylation sites (tertiary alicyclic amines) is 1. The van der Waals surface area contributed by atoms with Crippen LogP contribution in [0.5, 0.6) is 0 Å². The van der Waals surface area contributed by atoms with Gasteiger partial charge in [0.05, 0.1) is 12.1 Å².